The Hall–Kier alpha value is -12.5. The quantitative estimate of drug-likeness (QED) is 0.112. The number of benzene rings is 4. The van der Waals surface area contributed by atoms with Gasteiger partial charge in [0.15, 0.2) is 22.6 Å². The molecule has 25 heteroatoms. The number of aromatic nitrogens is 16. The Labute approximate surface area is 675 Å². The number of hydrogen-bond donors (Lipinski definition) is 0. The van der Waals surface area contributed by atoms with Gasteiger partial charge in [0.1, 0.15) is 23.3 Å². The second-order valence-electron chi connectivity index (χ2n) is 31.7. The Morgan fingerprint density at radius 1 is 0.336 bits per heavy atom. The molecule has 20 nitrogen and oxygen atoms in total. The molecule has 3 saturated carbocycles. The van der Waals surface area contributed by atoms with Gasteiger partial charge in [0, 0.05) is 110 Å². The SMILES string of the molecule is Cc1cc(-c2ccc3nnc(C(C)(C)c4ccc(Cl)cc4)n3c2)cn(C)c1=O.Cc1cc(-c2ccc3nnc(C4(c5ccc(Cl)cc5)CCC4)n3c2)cn(C)c1=O.Cc1cc(-c2ccc3nnc(C4(c5cccc(C(F)(F)F)c5)CC4)n3c2)cn(C)c1=O.Cc1cccc(C2(c3nnc4ccc(-c5cc(C)c(=O)n(C)c5)cn34)CC2)c1. The molecule has 0 N–H and O–H groups in total. The summed E-state index contributed by atoms with van der Waals surface area (Å²) in [5.74, 6) is 3.43. The number of rotatable bonds is 12. The van der Waals surface area contributed by atoms with Crippen molar-refractivity contribution in [1.82, 2.24) is 76.7 Å². The molecule has 12 heterocycles. The predicted octanol–water partition coefficient (Wildman–Crippen LogP) is 17.2. The van der Waals surface area contributed by atoms with Crippen LogP contribution >= 0.6 is 23.2 Å². The molecule has 586 valence electrons. The summed E-state index contributed by atoms with van der Waals surface area (Å²) in [4.78, 5) is 48.2. The average molecular weight is 1590 g/mol. The minimum atomic E-state index is -4.40. The van der Waals surface area contributed by atoms with Gasteiger partial charge in [-0.2, -0.15) is 13.2 Å². The van der Waals surface area contributed by atoms with Crippen LogP contribution < -0.4 is 22.2 Å². The second kappa shape index (κ2) is 29.7. The maximum atomic E-state index is 13.2. The molecular formula is C91H83Cl2F3N16O4. The van der Waals surface area contributed by atoms with Gasteiger partial charge in [-0.15, -0.1) is 40.8 Å². The van der Waals surface area contributed by atoms with E-state index in [1.54, 1.807) is 61.1 Å². The molecule has 0 aliphatic heterocycles. The Morgan fingerprint density at radius 2 is 0.672 bits per heavy atom. The van der Waals surface area contributed by atoms with E-state index in [0.717, 1.165) is 139 Å². The minimum absolute atomic E-state index is 0.0127. The van der Waals surface area contributed by atoms with Gasteiger partial charge in [-0.05, 0) is 257 Å². The van der Waals surface area contributed by atoms with Crippen molar-refractivity contribution in [3.05, 3.63) is 350 Å². The van der Waals surface area contributed by atoms with Crippen LogP contribution in [0.25, 0.3) is 67.1 Å². The van der Waals surface area contributed by atoms with E-state index in [1.165, 1.54) is 33.4 Å². The molecule has 0 saturated heterocycles. The van der Waals surface area contributed by atoms with Crippen LogP contribution in [0, 0.1) is 34.6 Å². The van der Waals surface area contributed by atoms with Gasteiger partial charge in [0.2, 0.25) is 0 Å². The first-order valence-corrected chi connectivity index (χ1v) is 39.1. The maximum Gasteiger partial charge on any atom is 0.416 e. The first-order valence-electron chi connectivity index (χ1n) is 38.3. The van der Waals surface area contributed by atoms with Crippen molar-refractivity contribution >= 4 is 45.8 Å². The van der Waals surface area contributed by atoms with Gasteiger partial charge in [-0.3, -0.25) is 36.8 Å². The highest BCUT2D eigenvalue weighted by Crippen LogP contribution is 2.55. The normalized spacial score (nSPS) is 14.5. The van der Waals surface area contributed by atoms with E-state index in [0.29, 0.717) is 46.0 Å². The fourth-order valence-corrected chi connectivity index (χ4v) is 16.5. The summed E-state index contributed by atoms with van der Waals surface area (Å²) in [6, 6.07) is 53.4. The summed E-state index contributed by atoms with van der Waals surface area (Å²) in [6.07, 6.45) is 17.9. The lowest BCUT2D eigenvalue weighted by Crippen LogP contribution is -2.37. The van der Waals surface area contributed by atoms with Gasteiger partial charge in [-0.25, -0.2) is 0 Å². The van der Waals surface area contributed by atoms with Crippen LogP contribution in [0.5, 0.6) is 0 Å². The van der Waals surface area contributed by atoms with Crippen LogP contribution in [0.4, 0.5) is 13.2 Å². The lowest BCUT2D eigenvalue weighted by atomic mass is 9.64. The number of nitrogens with zero attached hydrogens (tertiary/aromatic N) is 16. The molecule has 0 radical (unpaired) electrons. The third-order valence-corrected chi connectivity index (χ3v) is 23.7. The van der Waals surface area contributed by atoms with E-state index in [4.69, 9.17) is 23.2 Å². The highest BCUT2D eigenvalue weighted by molar-refractivity contribution is 6.30. The lowest BCUT2D eigenvalue weighted by Gasteiger charge is -2.40. The smallest absolute Gasteiger partial charge is 0.318 e. The number of pyridine rings is 8. The second-order valence-corrected chi connectivity index (χ2v) is 32.5. The first-order chi connectivity index (χ1) is 55.4. The summed E-state index contributed by atoms with van der Waals surface area (Å²) in [5.41, 5.74) is 17.4. The molecule has 12 aromatic heterocycles. The van der Waals surface area contributed by atoms with Crippen molar-refractivity contribution in [3.63, 3.8) is 0 Å². The van der Waals surface area contributed by atoms with Gasteiger partial charge < -0.3 is 18.3 Å². The summed E-state index contributed by atoms with van der Waals surface area (Å²) in [5, 5.41) is 36.9. The number of alkyl halides is 3. The van der Waals surface area contributed by atoms with Crippen LogP contribution in [0.1, 0.15) is 138 Å². The van der Waals surface area contributed by atoms with Crippen LogP contribution in [-0.4, -0.2) is 76.7 Å². The maximum absolute atomic E-state index is 13.2. The molecular weight excluding hydrogens is 1510 g/mol. The Kier molecular flexibility index (Phi) is 19.9. The predicted molar refractivity (Wildman–Crippen MR) is 446 cm³/mol. The molecule has 3 aliphatic rings. The van der Waals surface area contributed by atoms with Gasteiger partial charge in [0.25, 0.3) is 22.2 Å². The zero-order valence-corrected chi connectivity index (χ0v) is 67.4. The molecule has 4 aromatic carbocycles. The van der Waals surface area contributed by atoms with E-state index in [2.05, 4.69) is 119 Å². The van der Waals surface area contributed by atoms with Crippen molar-refractivity contribution in [2.24, 2.45) is 28.2 Å². The summed E-state index contributed by atoms with van der Waals surface area (Å²) in [7, 11) is 7.05. The molecule has 3 fully saturated rings. The fourth-order valence-electron chi connectivity index (χ4n) is 16.2. The Morgan fingerprint density at radius 3 is 1.02 bits per heavy atom. The number of aryl methyl sites for hydroxylation is 9. The third-order valence-electron chi connectivity index (χ3n) is 23.2. The molecule has 0 spiro atoms. The van der Waals surface area contributed by atoms with Gasteiger partial charge >= 0.3 is 6.18 Å². The zero-order chi connectivity index (χ0) is 81.7. The van der Waals surface area contributed by atoms with E-state index < -0.39 is 17.2 Å². The molecule has 116 heavy (non-hydrogen) atoms. The Balaban J connectivity index is 0.000000116. The molecule has 0 bridgehead atoms. The van der Waals surface area contributed by atoms with Crippen molar-refractivity contribution in [2.75, 3.05) is 0 Å². The number of halogens is 5. The van der Waals surface area contributed by atoms with Gasteiger partial charge in [0.05, 0.1) is 27.2 Å². The van der Waals surface area contributed by atoms with E-state index in [-0.39, 0.29) is 38.5 Å². The lowest BCUT2D eigenvalue weighted by molar-refractivity contribution is -0.137. The summed E-state index contributed by atoms with van der Waals surface area (Å²) < 4.78 is 54.2. The van der Waals surface area contributed by atoms with Crippen molar-refractivity contribution in [1.29, 1.82) is 0 Å². The monoisotopic (exact) mass is 1590 g/mol. The van der Waals surface area contributed by atoms with Crippen LogP contribution in [0.2, 0.25) is 10.0 Å². The van der Waals surface area contributed by atoms with Crippen molar-refractivity contribution in [2.45, 2.75) is 121 Å². The molecule has 3 aliphatic carbocycles. The fraction of sp³-hybridized carbons (Fsp3) is 0.253. The highest BCUT2D eigenvalue weighted by Gasteiger charge is 2.52. The van der Waals surface area contributed by atoms with Crippen molar-refractivity contribution in [3.8, 4) is 44.5 Å². The number of fused-ring (bicyclic) bond motifs is 4. The van der Waals surface area contributed by atoms with Crippen molar-refractivity contribution < 1.29 is 13.2 Å². The van der Waals surface area contributed by atoms with Crippen LogP contribution in [0.3, 0.4) is 0 Å². The van der Waals surface area contributed by atoms with Gasteiger partial charge in [-0.1, -0.05) is 102 Å². The number of hydrogen-bond acceptors (Lipinski definition) is 12. The first kappa shape index (κ1) is 77.5. The molecule has 19 rings (SSSR count). The largest absolute Gasteiger partial charge is 0.416 e. The van der Waals surface area contributed by atoms with E-state index in [9.17, 15) is 32.3 Å². The third kappa shape index (κ3) is 14.3. The minimum Gasteiger partial charge on any atom is -0.318 e. The van der Waals surface area contributed by atoms with Crippen LogP contribution in [-0.2, 0) is 56.0 Å². The van der Waals surface area contributed by atoms with E-state index in [1.807, 2.05) is 170 Å². The average Bonchev–Trinajstić information content (AvgIpc) is 1.55. The molecule has 0 amide bonds. The molecule has 16 aromatic rings. The highest BCUT2D eigenvalue weighted by atomic mass is 35.5. The summed E-state index contributed by atoms with van der Waals surface area (Å²) >= 11 is 12.2. The standard InChI is InChI=1S/C23H21ClN4O.C23H19F3N4O.C23H22N4O.C22H21ClN4O/c1-15-12-17(13-27(2)21(15)29)16-4-9-20-25-26-22(28(20)14-16)23(10-3-11-23)18-5-7-19(24)8-6-18;1-14-10-16(12-29(2)20(14)31)15-6-7-19-27-28-21(30(19)13-15)22(8-9-22)17-4-3-5-18(11-17)23(24,25)26;1-15-5-4-6-19(11-15)23(9-10-23)22-25-24-20-8-7-17(14-27(20)22)18-12-16(2)21(28)26(3)13-18;1-14-11-16(12-26(4)20(14)28)15-5-10-19-24-25-21(27(19)13-15)22(2,3)17-6-8-18(23)9-7-17/h4-9,12-14H,3,10-11H2,1-2H3;3-7,10-13H,8-9H2,1-2H3;4-8,11-14H,9-10H2,1-3H3;5-13H,1-4H3. The topological polar surface area (TPSA) is 209 Å². The Bertz CT molecular complexity index is 6710. The molecule has 0 atom stereocenters. The summed E-state index contributed by atoms with van der Waals surface area (Å²) in [6.45, 7) is 13.7. The molecule has 0 unspecified atom stereocenters. The van der Waals surface area contributed by atoms with E-state index >= 15 is 0 Å². The van der Waals surface area contributed by atoms with Crippen LogP contribution in [0.15, 0.2) is 239 Å². The zero-order valence-electron chi connectivity index (χ0n) is 65.9.